The monoisotopic (exact) mass is 330 g/mol. The molecule has 1 amide bonds. The van der Waals surface area contributed by atoms with E-state index in [9.17, 15) is 9.59 Å². The number of amides is 1. The number of carbonyl (C=O) groups excluding carboxylic acids is 2. The lowest BCUT2D eigenvalue weighted by molar-refractivity contribution is 0.0526. The van der Waals surface area contributed by atoms with E-state index >= 15 is 0 Å². The second-order valence-electron chi connectivity index (χ2n) is 4.42. The van der Waals surface area contributed by atoms with Crippen LogP contribution in [-0.4, -0.2) is 42.0 Å². The lowest BCUT2D eigenvalue weighted by atomic mass is 10.2. The number of hydrogen-bond acceptors (Lipinski definition) is 6. The molecule has 1 N–H and O–H groups in total. The number of carbonyl (C=O) groups is 2. The molecular weight excluding hydrogens is 308 g/mol. The summed E-state index contributed by atoms with van der Waals surface area (Å²) < 4.78 is 4.84. The first kappa shape index (κ1) is 18.0. The maximum atomic E-state index is 11.9. The van der Waals surface area contributed by atoms with Crippen LogP contribution in [0, 0.1) is 0 Å². The van der Waals surface area contributed by atoms with Crippen LogP contribution >= 0.6 is 23.1 Å². The minimum Gasteiger partial charge on any atom is -0.461 e. The lowest BCUT2D eigenvalue weighted by Gasteiger charge is -2.03. The average Bonchev–Trinajstić information content (AvgIpc) is 2.96. The van der Waals surface area contributed by atoms with Crippen LogP contribution in [0.4, 0.5) is 0 Å². The number of rotatable bonds is 10. The van der Waals surface area contributed by atoms with E-state index in [0.717, 1.165) is 24.2 Å². The van der Waals surface area contributed by atoms with Crippen molar-refractivity contribution in [3.63, 3.8) is 0 Å². The van der Waals surface area contributed by atoms with Crippen LogP contribution in [0.2, 0.25) is 0 Å². The van der Waals surface area contributed by atoms with Gasteiger partial charge in [0.15, 0.2) is 0 Å². The number of thiazole rings is 1. The first-order valence-corrected chi connectivity index (χ1v) is 9.36. The molecule has 21 heavy (non-hydrogen) atoms. The highest BCUT2D eigenvalue weighted by atomic mass is 32.2. The maximum absolute atomic E-state index is 11.9. The largest absolute Gasteiger partial charge is 0.461 e. The van der Waals surface area contributed by atoms with Gasteiger partial charge in [0.25, 0.3) is 5.91 Å². The van der Waals surface area contributed by atoms with Gasteiger partial charge in [-0.1, -0.05) is 12.8 Å². The van der Waals surface area contributed by atoms with E-state index in [1.54, 1.807) is 12.3 Å². The molecule has 0 saturated carbocycles. The molecule has 0 spiro atoms. The summed E-state index contributed by atoms with van der Waals surface area (Å²) in [5.41, 5.74) is 0.283. The summed E-state index contributed by atoms with van der Waals surface area (Å²) in [6, 6.07) is 0. The molecular formula is C14H22N2O3S2. The third kappa shape index (κ3) is 6.95. The first-order valence-electron chi connectivity index (χ1n) is 7.08. The van der Waals surface area contributed by atoms with Crippen LogP contribution in [0.15, 0.2) is 5.38 Å². The number of esters is 1. The summed E-state index contributed by atoms with van der Waals surface area (Å²) in [5, 5.41) is 4.63. The molecule has 0 aliphatic rings. The Morgan fingerprint density at radius 2 is 2.10 bits per heavy atom. The zero-order valence-corrected chi connectivity index (χ0v) is 14.1. The molecule has 0 bridgehead atoms. The number of nitrogens with zero attached hydrogens (tertiary/aromatic N) is 1. The van der Waals surface area contributed by atoms with Crippen molar-refractivity contribution in [2.45, 2.75) is 32.6 Å². The predicted molar refractivity (Wildman–Crippen MR) is 87.3 cm³/mol. The summed E-state index contributed by atoms with van der Waals surface area (Å²) in [6.45, 7) is 2.68. The topological polar surface area (TPSA) is 68.3 Å². The quantitative estimate of drug-likeness (QED) is 0.527. The number of aromatic nitrogens is 1. The van der Waals surface area contributed by atoms with Gasteiger partial charge in [-0.3, -0.25) is 4.79 Å². The van der Waals surface area contributed by atoms with Gasteiger partial charge in [0.1, 0.15) is 5.69 Å². The van der Waals surface area contributed by atoms with E-state index in [-0.39, 0.29) is 16.6 Å². The fraction of sp³-hybridized carbons (Fsp3) is 0.643. The van der Waals surface area contributed by atoms with Gasteiger partial charge in [-0.25, -0.2) is 9.78 Å². The number of thioether (sulfide) groups is 1. The molecule has 1 heterocycles. The number of ether oxygens (including phenoxy) is 1. The van der Waals surface area contributed by atoms with Crippen molar-refractivity contribution in [1.29, 1.82) is 0 Å². The minimum atomic E-state index is -0.477. The van der Waals surface area contributed by atoms with Gasteiger partial charge in [-0.15, -0.1) is 11.3 Å². The summed E-state index contributed by atoms with van der Waals surface area (Å²) in [4.78, 5) is 27.3. The van der Waals surface area contributed by atoms with Gasteiger partial charge < -0.3 is 10.1 Å². The number of nitrogens with one attached hydrogen (secondary N) is 1. The van der Waals surface area contributed by atoms with Gasteiger partial charge in [0.2, 0.25) is 5.01 Å². The van der Waals surface area contributed by atoms with Crippen molar-refractivity contribution in [3.8, 4) is 0 Å². The molecule has 0 aliphatic carbocycles. The third-order valence-electron chi connectivity index (χ3n) is 2.75. The molecule has 1 aromatic heterocycles. The molecule has 0 saturated heterocycles. The Bertz CT molecular complexity index is 449. The smallest absolute Gasteiger partial charge is 0.367 e. The molecule has 0 aliphatic heterocycles. The highest BCUT2D eigenvalue weighted by molar-refractivity contribution is 7.98. The second-order valence-corrected chi connectivity index (χ2v) is 6.26. The van der Waals surface area contributed by atoms with Crippen molar-refractivity contribution in [2.24, 2.45) is 0 Å². The van der Waals surface area contributed by atoms with Crippen molar-refractivity contribution in [1.82, 2.24) is 10.3 Å². The van der Waals surface area contributed by atoms with E-state index in [2.05, 4.69) is 16.6 Å². The summed E-state index contributed by atoms with van der Waals surface area (Å²) >= 11 is 2.99. The molecule has 0 fully saturated rings. The van der Waals surface area contributed by atoms with Crippen molar-refractivity contribution in [2.75, 3.05) is 25.2 Å². The van der Waals surface area contributed by atoms with Crippen molar-refractivity contribution < 1.29 is 14.3 Å². The molecule has 0 atom stereocenters. The highest BCUT2D eigenvalue weighted by Crippen LogP contribution is 2.11. The minimum absolute atomic E-state index is 0.221. The number of hydrogen-bond donors (Lipinski definition) is 1. The zero-order chi connectivity index (χ0) is 15.5. The van der Waals surface area contributed by atoms with Crippen LogP contribution < -0.4 is 5.32 Å². The zero-order valence-electron chi connectivity index (χ0n) is 12.5. The standard InChI is InChI=1S/C14H22N2O3S2/c1-3-19-14(18)13-16-11(10-21-13)12(17)15-8-6-4-5-7-9-20-2/h10H,3-9H2,1-2H3,(H,15,17). The fourth-order valence-corrected chi connectivity index (χ4v) is 2.86. The Balaban J connectivity index is 2.25. The molecule has 0 radical (unpaired) electrons. The average molecular weight is 330 g/mol. The third-order valence-corrected chi connectivity index (χ3v) is 4.27. The SMILES string of the molecule is CCOC(=O)c1nc(C(=O)NCCCCCCSC)cs1. The number of unbranched alkanes of at least 4 members (excludes halogenated alkanes) is 3. The lowest BCUT2D eigenvalue weighted by Crippen LogP contribution is -2.24. The Morgan fingerprint density at radius 3 is 2.81 bits per heavy atom. The van der Waals surface area contributed by atoms with Gasteiger partial charge in [-0.2, -0.15) is 11.8 Å². The molecule has 118 valence electrons. The Morgan fingerprint density at radius 1 is 1.33 bits per heavy atom. The predicted octanol–water partition coefficient (Wildman–Crippen LogP) is 2.97. The normalized spacial score (nSPS) is 10.4. The van der Waals surface area contributed by atoms with Crippen molar-refractivity contribution >= 4 is 35.0 Å². The maximum Gasteiger partial charge on any atom is 0.367 e. The van der Waals surface area contributed by atoms with Crippen LogP contribution in [0.25, 0.3) is 0 Å². The van der Waals surface area contributed by atoms with Crippen LogP contribution in [-0.2, 0) is 4.74 Å². The van der Waals surface area contributed by atoms with E-state index < -0.39 is 5.97 Å². The van der Waals surface area contributed by atoms with E-state index in [1.165, 1.54) is 18.6 Å². The van der Waals surface area contributed by atoms with E-state index in [1.807, 2.05) is 11.8 Å². The second kappa shape index (κ2) is 10.6. The summed E-state index contributed by atoms with van der Waals surface area (Å²) in [7, 11) is 0. The fourth-order valence-electron chi connectivity index (χ4n) is 1.68. The summed E-state index contributed by atoms with van der Waals surface area (Å²) in [5.74, 6) is 0.489. The molecule has 1 rings (SSSR count). The van der Waals surface area contributed by atoms with Gasteiger partial charge in [0.05, 0.1) is 6.61 Å². The van der Waals surface area contributed by atoms with Crippen LogP contribution in [0.5, 0.6) is 0 Å². The van der Waals surface area contributed by atoms with Crippen LogP contribution in [0.1, 0.15) is 52.9 Å². The van der Waals surface area contributed by atoms with Crippen LogP contribution in [0.3, 0.4) is 0 Å². The Hall–Kier alpha value is -1.08. The van der Waals surface area contributed by atoms with Gasteiger partial charge in [-0.05, 0) is 31.8 Å². The summed E-state index contributed by atoms with van der Waals surface area (Å²) in [6.07, 6.45) is 6.62. The molecule has 5 nitrogen and oxygen atoms in total. The van der Waals surface area contributed by atoms with Gasteiger partial charge >= 0.3 is 5.97 Å². The molecule has 0 unspecified atom stereocenters. The van der Waals surface area contributed by atoms with Crippen molar-refractivity contribution in [3.05, 3.63) is 16.1 Å². The first-order chi connectivity index (χ1) is 10.2. The molecule has 7 heteroatoms. The highest BCUT2D eigenvalue weighted by Gasteiger charge is 2.15. The molecule has 0 aromatic carbocycles. The molecule has 1 aromatic rings. The van der Waals surface area contributed by atoms with E-state index in [4.69, 9.17) is 4.74 Å². The van der Waals surface area contributed by atoms with Gasteiger partial charge in [0, 0.05) is 11.9 Å². The Labute approximate surface area is 133 Å². The Kier molecular flexibility index (Phi) is 9.09. The van der Waals surface area contributed by atoms with E-state index in [0.29, 0.717) is 13.2 Å².